The number of aromatic nitrogens is 5. The number of carbonyl (C=O) groups excluding carboxylic acids is 1. The lowest BCUT2D eigenvalue weighted by molar-refractivity contribution is 0.0747. The van der Waals surface area contributed by atoms with E-state index < -0.39 is 0 Å². The number of fused-ring (bicyclic) bond motifs is 1. The number of amides is 1. The SMILES string of the molecule is Cc1ccc(-n2nccn2)c(C(=O)N2CCN(c3ncc4cc(C)ccc4n3)C(C)C(C)C2)c1. The lowest BCUT2D eigenvalue weighted by Gasteiger charge is -2.30. The van der Waals surface area contributed by atoms with E-state index in [0.717, 1.165) is 16.5 Å². The van der Waals surface area contributed by atoms with Crippen molar-refractivity contribution in [2.45, 2.75) is 33.7 Å². The third-order valence-corrected chi connectivity index (χ3v) is 6.72. The maximum atomic E-state index is 13.7. The molecular weight excluding hydrogens is 426 g/mol. The summed E-state index contributed by atoms with van der Waals surface area (Å²) in [7, 11) is 0. The number of benzene rings is 2. The Morgan fingerprint density at radius 2 is 1.71 bits per heavy atom. The van der Waals surface area contributed by atoms with Gasteiger partial charge in [0.25, 0.3) is 5.91 Å². The Labute approximate surface area is 199 Å². The van der Waals surface area contributed by atoms with Gasteiger partial charge in [0.15, 0.2) is 0 Å². The summed E-state index contributed by atoms with van der Waals surface area (Å²) < 4.78 is 0. The van der Waals surface area contributed by atoms with Crippen molar-refractivity contribution in [3.63, 3.8) is 0 Å². The molecule has 8 heteroatoms. The number of nitrogens with zero attached hydrogens (tertiary/aromatic N) is 7. The van der Waals surface area contributed by atoms with Crippen LogP contribution in [0.1, 0.15) is 35.3 Å². The van der Waals surface area contributed by atoms with Gasteiger partial charge < -0.3 is 9.80 Å². The molecule has 0 spiro atoms. The molecule has 2 aromatic carbocycles. The Morgan fingerprint density at radius 1 is 0.971 bits per heavy atom. The average molecular weight is 456 g/mol. The Kier molecular flexibility index (Phi) is 5.73. The summed E-state index contributed by atoms with van der Waals surface area (Å²) in [4.78, 5) is 28.9. The van der Waals surface area contributed by atoms with Crippen molar-refractivity contribution in [1.82, 2.24) is 29.9 Å². The molecule has 8 nitrogen and oxygen atoms in total. The van der Waals surface area contributed by atoms with E-state index in [1.54, 1.807) is 12.4 Å². The monoisotopic (exact) mass is 455 g/mol. The first-order chi connectivity index (χ1) is 16.4. The van der Waals surface area contributed by atoms with E-state index in [1.807, 2.05) is 42.3 Å². The molecule has 4 aromatic rings. The summed E-state index contributed by atoms with van der Waals surface area (Å²) in [6.45, 7) is 10.3. The van der Waals surface area contributed by atoms with E-state index in [4.69, 9.17) is 4.98 Å². The second-order valence-corrected chi connectivity index (χ2v) is 9.23. The maximum Gasteiger partial charge on any atom is 0.256 e. The van der Waals surface area contributed by atoms with Gasteiger partial charge in [-0.2, -0.15) is 15.0 Å². The number of hydrogen-bond acceptors (Lipinski definition) is 6. The molecule has 1 aliphatic heterocycles. The van der Waals surface area contributed by atoms with E-state index >= 15 is 0 Å². The minimum atomic E-state index is -0.00759. The fourth-order valence-electron chi connectivity index (χ4n) is 4.58. The van der Waals surface area contributed by atoms with Gasteiger partial charge in [0.2, 0.25) is 5.95 Å². The lowest BCUT2D eigenvalue weighted by atomic mass is 10.0. The molecule has 174 valence electrons. The molecule has 1 fully saturated rings. The second kappa shape index (κ2) is 8.85. The molecule has 0 radical (unpaired) electrons. The zero-order chi connectivity index (χ0) is 23.8. The molecule has 3 heterocycles. The molecule has 5 rings (SSSR count). The zero-order valence-electron chi connectivity index (χ0n) is 20.0. The number of anilines is 1. The fourth-order valence-corrected chi connectivity index (χ4v) is 4.58. The van der Waals surface area contributed by atoms with Crippen molar-refractivity contribution in [2.75, 3.05) is 24.5 Å². The summed E-state index contributed by atoms with van der Waals surface area (Å²) in [5, 5.41) is 9.52. The summed E-state index contributed by atoms with van der Waals surface area (Å²) in [6, 6.07) is 12.2. The van der Waals surface area contributed by atoms with Gasteiger partial charge in [0, 0.05) is 37.3 Å². The molecule has 1 saturated heterocycles. The molecule has 0 N–H and O–H groups in total. The summed E-state index contributed by atoms with van der Waals surface area (Å²) in [5.41, 5.74) is 4.45. The van der Waals surface area contributed by atoms with Crippen molar-refractivity contribution in [1.29, 1.82) is 0 Å². The van der Waals surface area contributed by atoms with Gasteiger partial charge in [-0.25, -0.2) is 9.97 Å². The highest BCUT2D eigenvalue weighted by atomic mass is 16.2. The smallest absolute Gasteiger partial charge is 0.256 e. The van der Waals surface area contributed by atoms with Crippen LogP contribution in [0.3, 0.4) is 0 Å². The van der Waals surface area contributed by atoms with Crippen LogP contribution in [-0.4, -0.2) is 61.4 Å². The van der Waals surface area contributed by atoms with Crippen LogP contribution in [0.4, 0.5) is 5.95 Å². The van der Waals surface area contributed by atoms with Gasteiger partial charge >= 0.3 is 0 Å². The number of hydrogen-bond donors (Lipinski definition) is 0. The topological polar surface area (TPSA) is 80.0 Å². The van der Waals surface area contributed by atoms with E-state index in [9.17, 15) is 4.79 Å². The van der Waals surface area contributed by atoms with E-state index in [1.165, 1.54) is 10.4 Å². The predicted molar refractivity (Wildman–Crippen MR) is 132 cm³/mol. The molecule has 1 amide bonds. The first-order valence-electron chi connectivity index (χ1n) is 11.7. The first kappa shape index (κ1) is 22.0. The van der Waals surface area contributed by atoms with Crippen LogP contribution in [0.5, 0.6) is 0 Å². The molecule has 2 unspecified atom stereocenters. The van der Waals surface area contributed by atoms with Gasteiger partial charge in [0.1, 0.15) is 0 Å². The number of rotatable bonds is 3. The van der Waals surface area contributed by atoms with Gasteiger partial charge in [0.05, 0.1) is 29.2 Å². The minimum absolute atomic E-state index is 0.00759. The van der Waals surface area contributed by atoms with Crippen LogP contribution in [0.2, 0.25) is 0 Å². The van der Waals surface area contributed by atoms with Gasteiger partial charge in [-0.15, -0.1) is 0 Å². The van der Waals surface area contributed by atoms with Gasteiger partial charge in [-0.3, -0.25) is 4.79 Å². The third-order valence-electron chi connectivity index (χ3n) is 6.72. The molecule has 0 saturated carbocycles. The van der Waals surface area contributed by atoms with Gasteiger partial charge in [-0.1, -0.05) is 30.2 Å². The number of carbonyl (C=O) groups is 1. The van der Waals surface area contributed by atoms with Crippen LogP contribution in [0, 0.1) is 19.8 Å². The average Bonchev–Trinajstić information content (AvgIpc) is 3.32. The highest BCUT2D eigenvalue weighted by Gasteiger charge is 2.31. The molecule has 34 heavy (non-hydrogen) atoms. The first-order valence-corrected chi connectivity index (χ1v) is 11.7. The molecule has 0 bridgehead atoms. The summed E-state index contributed by atoms with van der Waals surface area (Å²) >= 11 is 0. The summed E-state index contributed by atoms with van der Waals surface area (Å²) in [6.07, 6.45) is 5.13. The van der Waals surface area contributed by atoms with Crippen LogP contribution in [-0.2, 0) is 0 Å². The minimum Gasteiger partial charge on any atom is -0.336 e. The predicted octanol–water partition coefficient (Wildman–Crippen LogP) is 3.81. The summed E-state index contributed by atoms with van der Waals surface area (Å²) in [5.74, 6) is 0.939. The Morgan fingerprint density at radius 3 is 2.50 bits per heavy atom. The standard InChI is InChI=1S/C26H29N7O/c1-17-5-7-23-21(13-17)15-27-26(30-23)32-12-11-31(16-19(3)20(32)4)25(34)22-14-18(2)6-8-24(22)33-28-9-10-29-33/h5-10,13-15,19-20H,11-12,16H2,1-4H3. The van der Waals surface area contributed by atoms with Crippen molar-refractivity contribution in [3.8, 4) is 5.69 Å². The van der Waals surface area contributed by atoms with Gasteiger partial charge in [-0.05, 0) is 51.0 Å². The Hall–Kier alpha value is -3.81. The molecule has 2 atom stereocenters. The zero-order valence-corrected chi connectivity index (χ0v) is 20.0. The highest BCUT2D eigenvalue weighted by molar-refractivity contribution is 5.98. The van der Waals surface area contributed by atoms with E-state index in [2.05, 4.69) is 53.0 Å². The molecule has 0 aliphatic carbocycles. The Balaban J connectivity index is 1.43. The van der Waals surface area contributed by atoms with Crippen LogP contribution in [0.15, 0.2) is 55.0 Å². The van der Waals surface area contributed by atoms with Crippen molar-refractivity contribution < 1.29 is 4.79 Å². The van der Waals surface area contributed by atoms with Crippen LogP contribution >= 0.6 is 0 Å². The van der Waals surface area contributed by atoms with Crippen molar-refractivity contribution >= 4 is 22.8 Å². The van der Waals surface area contributed by atoms with E-state index in [0.29, 0.717) is 36.8 Å². The molecule has 1 aliphatic rings. The van der Waals surface area contributed by atoms with E-state index in [-0.39, 0.29) is 17.9 Å². The molecular formula is C26H29N7O. The van der Waals surface area contributed by atoms with Crippen molar-refractivity contribution in [3.05, 3.63) is 71.7 Å². The lowest BCUT2D eigenvalue weighted by Crippen LogP contribution is -2.39. The quantitative estimate of drug-likeness (QED) is 0.467. The maximum absolute atomic E-state index is 13.7. The fraction of sp³-hybridized carbons (Fsp3) is 0.346. The van der Waals surface area contributed by atoms with Crippen molar-refractivity contribution in [2.24, 2.45) is 5.92 Å². The largest absolute Gasteiger partial charge is 0.336 e. The second-order valence-electron chi connectivity index (χ2n) is 9.23. The Bertz CT molecular complexity index is 1330. The highest BCUT2D eigenvalue weighted by Crippen LogP contribution is 2.25. The normalized spacial score (nSPS) is 18.8. The van der Waals surface area contributed by atoms with Crippen LogP contribution < -0.4 is 4.90 Å². The third kappa shape index (κ3) is 4.11. The van der Waals surface area contributed by atoms with Crippen LogP contribution in [0.25, 0.3) is 16.6 Å². The number of aryl methyl sites for hydroxylation is 2. The molecule has 2 aromatic heterocycles.